The molecule has 188 valence electrons. The zero-order valence-electron chi connectivity index (χ0n) is 20.9. The van der Waals surface area contributed by atoms with E-state index in [9.17, 15) is 9.59 Å². The van der Waals surface area contributed by atoms with E-state index < -0.39 is 0 Å². The summed E-state index contributed by atoms with van der Waals surface area (Å²) in [6, 6.07) is 7.22. The van der Waals surface area contributed by atoms with Crippen molar-refractivity contribution in [3.05, 3.63) is 35.0 Å². The third-order valence-electron chi connectivity index (χ3n) is 8.68. The zero-order chi connectivity index (χ0) is 23.9. The Bertz CT molecular complexity index is 1120. The Morgan fingerprint density at radius 1 is 1.00 bits per heavy atom. The van der Waals surface area contributed by atoms with E-state index in [0.717, 1.165) is 89.8 Å². The van der Waals surface area contributed by atoms with E-state index in [-0.39, 0.29) is 17.7 Å². The van der Waals surface area contributed by atoms with E-state index in [1.54, 1.807) is 0 Å². The van der Waals surface area contributed by atoms with E-state index in [0.29, 0.717) is 18.6 Å². The van der Waals surface area contributed by atoms with E-state index in [2.05, 4.69) is 34.0 Å². The maximum Gasteiger partial charge on any atom is 0.253 e. The van der Waals surface area contributed by atoms with E-state index in [1.807, 2.05) is 11.0 Å². The largest absolute Gasteiger partial charge is 0.381 e. The van der Waals surface area contributed by atoms with Gasteiger partial charge in [0.25, 0.3) is 5.91 Å². The number of nitrogens with zero attached hydrogens (tertiary/aromatic N) is 3. The highest BCUT2D eigenvalue weighted by molar-refractivity contribution is 5.99. The van der Waals surface area contributed by atoms with E-state index >= 15 is 0 Å². The van der Waals surface area contributed by atoms with Crippen molar-refractivity contribution in [1.29, 1.82) is 0 Å². The van der Waals surface area contributed by atoms with Crippen LogP contribution >= 0.6 is 0 Å². The fourth-order valence-corrected chi connectivity index (χ4v) is 6.44. The van der Waals surface area contributed by atoms with Gasteiger partial charge in [-0.3, -0.25) is 14.5 Å². The van der Waals surface area contributed by atoms with Crippen molar-refractivity contribution in [3.63, 3.8) is 0 Å². The molecule has 2 aromatic rings. The molecule has 1 atom stereocenters. The van der Waals surface area contributed by atoms with E-state index in [4.69, 9.17) is 4.74 Å². The summed E-state index contributed by atoms with van der Waals surface area (Å²) < 4.78 is 7.92. The molecule has 1 aromatic carbocycles. The highest BCUT2D eigenvalue weighted by atomic mass is 16.5. The fourth-order valence-electron chi connectivity index (χ4n) is 6.44. The minimum atomic E-state index is -0.0822. The molecule has 2 amide bonds. The molecule has 4 aliphatic rings. The van der Waals surface area contributed by atoms with Crippen LogP contribution in [0, 0.1) is 5.92 Å². The normalized spacial score (nSPS) is 24.3. The van der Waals surface area contributed by atoms with Crippen LogP contribution in [-0.4, -0.2) is 77.7 Å². The standard InChI is InChI=1S/C28H38N4O3/c1-30-25-7-4-19(28(34)32-12-2-3-20(18-32)27(33)29-21-5-6-21)17-24(25)23-8-13-31(14-9-26(23)30)22-10-15-35-16-11-22/h4,7,17,20-22H,2-3,5-6,8-16,18H2,1H3,(H,29,33). The van der Waals surface area contributed by atoms with Crippen LogP contribution in [-0.2, 0) is 29.4 Å². The lowest BCUT2D eigenvalue weighted by Gasteiger charge is -2.33. The number of amides is 2. The van der Waals surface area contributed by atoms with Crippen LogP contribution in [0.5, 0.6) is 0 Å². The van der Waals surface area contributed by atoms with Crippen molar-refractivity contribution < 1.29 is 14.3 Å². The first kappa shape index (κ1) is 23.0. The number of piperidine rings is 1. The van der Waals surface area contributed by atoms with Crippen molar-refractivity contribution in [2.24, 2.45) is 13.0 Å². The summed E-state index contributed by atoms with van der Waals surface area (Å²) in [5.41, 5.74) is 4.78. The molecule has 7 nitrogen and oxygen atoms in total. The van der Waals surface area contributed by atoms with Gasteiger partial charge in [-0.1, -0.05) is 0 Å². The van der Waals surface area contributed by atoms with Crippen molar-refractivity contribution in [3.8, 4) is 0 Å². The average molecular weight is 479 g/mol. The van der Waals surface area contributed by atoms with Gasteiger partial charge in [0.1, 0.15) is 0 Å². The molecule has 2 saturated heterocycles. The summed E-state index contributed by atoms with van der Waals surface area (Å²) in [5, 5.41) is 4.35. The summed E-state index contributed by atoms with van der Waals surface area (Å²) in [4.78, 5) is 30.7. The molecule has 4 heterocycles. The van der Waals surface area contributed by atoms with Crippen LogP contribution in [0.2, 0.25) is 0 Å². The second kappa shape index (κ2) is 9.58. The van der Waals surface area contributed by atoms with Crippen LogP contribution in [0.3, 0.4) is 0 Å². The minimum Gasteiger partial charge on any atom is -0.381 e. The van der Waals surface area contributed by atoms with Gasteiger partial charge in [0, 0.05) is 87.1 Å². The highest BCUT2D eigenvalue weighted by Gasteiger charge is 2.33. The van der Waals surface area contributed by atoms with Crippen LogP contribution in [0.1, 0.15) is 60.1 Å². The molecule has 3 fully saturated rings. The fraction of sp³-hybridized carbons (Fsp3) is 0.643. The van der Waals surface area contributed by atoms with E-state index in [1.165, 1.54) is 22.2 Å². The van der Waals surface area contributed by atoms with Gasteiger partial charge < -0.3 is 19.5 Å². The first-order valence-corrected chi connectivity index (χ1v) is 13.6. The Morgan fingerprint density at radius 3 is 2.60 bits per heavy atom. The van der Waals surface area contributed by atoms with Gasteiger partial charge in [0.05, 0.1) is 5.92 Å². The number of ether oxygens (including phenoxy) is 1. The lowest BCUT2D eigenvalue weighted by molar-refractivity contribution is -0.126. The Morgan fingerprint density at radius 2 is 1.80 bits per heavy atom. The molecular formula is C28H38N4O3. The second-order valence-electron chi connectivity index (χ2n) is 11.0. The van der Waals surface area contributed by atoms with Gasteiger partial charge in [0.15, 0.2) is 0 Å². The van der Waals surface area contributed by atoms with Gasteiger partial charge in [-0.15, -0.1) is 0 Å². The first-order valence-electron chi connectivity index (χ1n) is 13.6. The number of aryl methyl sites for hydroxylation is 1. The van der Waals surface area contributed by atoms with Crippen LogP contribution < -0.4 is 5.32 Å². The molecule has 0 bridgehead atoms. The Hall–Kier alpha value is -2.38. The number of fused-ring (bicyclic) bond motifs is 3. The summed E-state index contributed by atoms with van der Waals surface area (Å²) in [6.45, 7) is 5.17. The molecule has 0 radical (unpaired) electrons. The van der Waals surface area contributed by atoms with Gasteiger partial charge in [0.2, 0.25) is 5.91 Å². The molecule has 1 saturated carbocycles. The molecule has 35 heavy (non-hydrogen) atoms. The van der Waals surface area contributed by atoms with Gasteiger partial charge >= 0.3 is 0 Å². The molecule has 1 N–H and O–H groups in total. The summed E-state index contributed by atoms with van der Waals surface area (Å²) in [7, 11) is 2.17. The number of hydrogen-bond acceptors (Lipinski definition) is 4. The lowest BCUT2D eigenvalue weighted by atomic mass is 9.96. The monoisotopic (exact) mass is 478 g/mol. The predicted molar refractivity (Wildman–Crippen MR) is 136 cm³/mol. The molecular weight excluding hydrogens is 440 g/mol. The predicted octanol–water partition coefficient (Wildman–Crippen LogP) is 2.89. The second-order valence-corrected chi connectivity index (χ2v) is 11.0. The summed E-state index contributed by atoms with van der Waals surface area (Å²) in [5.74, 6) is 0.106. The number of rotatable bonds is 4. The number of aromatic nitrogens is 1. The molecule has 1 unspecified atom stereocenters. The number of likely N-dealkylation sites (tertiary alicyclic amines) is 1. The van der Waals surface area contributed by atoms with Gasteiger partial charge in [-0.2, -0.15) is 0 Å². The maximum atomic E-state index is 13.5. The van der Waals surface area contributed by atoms with Crippen LogP contribution in [0.25, 0.3) is 10.9 Å². The van der Waals surface area contributed by atoms with Gasteiger partial charge in [-0.25, -0.2) is 0 Å². The number of carbonyl (C=O) groups is 2. The third kappa shape index (κ3) is 4.60. The minimum absolute atomic E-state index is 0.0610. The Kier molecular flexibility index (Phi) is 6.31. The summed E-state index contributed by atoms with van der Waals surface area (Å²) in [6.07, 6.45) is 8.28. The Balaban J connectivity index is 1.20. The highest BCUT2D eigenvalue weighted by Crippen LogP contribution is 2.31. The van der Waals surface area contributed by atoms with Gasteiger partial charge in [-0.05, 0) is 68.7 Å². The smallest absolute Gasteiger partial charge is 0.253 e. The first-order chi connectivity index (χ1) is 17.1. The molecule has 3 aliphatic heterocycles. The quantitative estimate of drug-likeness (QED) is 0.734. The topological polar surface area (TPSA) is 66.8 Å². The zero-order valence-corrected chi connectivity index (χ0v) is 20.9. The molecule has 0 spiro atoms. The van der Waals surface area contributed by atoms with Crippen LogP contribution in [0.4, 0.5) is 0 Å². The van der Waals surface area contributed by atoms with Crippen molar-refractivity contribution in [2.45, 2.75) is 63.5 Å². The number of carbonyl (C=O) groups excluding carboxylic acids is 2. The maximum absolute atomic E-state index is 13.5. The van der Waals surface area contributed by atoms with Crippen LogP contribution in [0.15, 0.2) is 18.2 Å². The van der Waals surface area contributed by atoms with Crippen molar-refractivity contribution in [1.82, 2.24) is 19.7 Å². The van der Waals surface area contributed by atoms with Crippen molar-refractivity contribution in [2.75, 3.05) is 39.4 Å². The molecule has 1 aliphatic carbocycles. The number of nitrogens with one attached hydrogen (secondary N) is 1. The number of benzene rings is 1. The molecule has 1 aromatic heterocycles. The Labute approximate surface area is 207 Å². The number of hydrogen-bond donors (Lipinski definition) is 1. The molecule has 7 heteroatoms. The third-order valence-corrected chi connectivity index (χ3v) is 8.68. The SMILES string of the molecule is Cn1c2c(c3cc(C(=O)N4CCCC(C(=O)NC5CC5)C4)ccc31)CCN(C1CCOCC1)CC2. The average Bonchev–Trinajstić information content (AvgIpc) is 3.71. The summed E-state index contributed by atoms with van der Waals surface area (Å²) >= 11 is 0. The van der Waals surface area contributed by atoms with Crippen molar-refractivity contribution >= 4 is 22.7 Å². The lowest BCUT2D eigenvalue weighted by Crippen LogP contribution is -2.45. The molecule has 6 rings (SSSR count).